The van der Waals surface area contributed by atoms with E-state index in [-0.39, 0.29) is 17.6 Å². The maximum absolute atomic E-state index is 11.9. The number of alkyl carbamates (subject to hydrolysis) is 1. The number of carbonyl (C=O) groups is 2. The first-order valence-corrected chi connectivity index (χ1v) is 7.54. The normalized spacial score (nSPS) is 20.5. The van der Waals surface area contributed by atoms with Crippen molar-refractivity contribution in [3.8, 4) is 0 Å². The first kappa shape index (κ1) is 14.8. The van der Waals surface area contributed by atoms with Gasteiger partial charge in [-0.25, -0.2) is 4.79 Å². The molecule has 118 valence electrons. The maximum atomic E-state index is 11.9. The molecular weight excluding hydrogens is 284 g/mol. The third-order valence-electron chi connectivity index (χ3n) is 4.23. The highest BCUT2D eigenvalue weighted by atomic mass is 16.6. The predicted octanol–water partition coefficient (Wildman–Crippen LogP) is 0.985. The predicted molar refractivity (Wildman–Crippen MR) is 80.4 cm³/mol. The number of aromatic nitrogens is 1. The van der Waals surface area contributed by atoms with E-state index in [4.69, 9.17) is 4.74 Å². The van der Waals surface area contributed by atoms with E-state index < -0.39 is 0 Å². The van der Waals surface area contributed by atoms with Gasteiger partial charge in [-0.3, -0.25) is 9.78 Å². The fourth-order valence-corrected chi connectivity index (χ4v) is 2.88. The van der Waals surface area contributed by atoms with Crippen molar-refractivity contribution in [2.45, 2.75) is 24.9 Å². The van der Waals surface area contributed by atoms with Crippen LogP contribution in [0.1, 0.15) is 19.3 Å². The van der Waals surface area contributed by atoms with E-state index in [0.717, 1.165) is 25.9 Å². The molecule has 0 aliphatic carbocycles. The lowest BCUT2D eigenvalue weighted by molar-refractivity contribution is -0.116. The summed E-state index contributed by atoms with van der Waals surface area (Å²) in [5.41, 5.74) is 0.389. The molecule has 0 radical (unpaired) electrons. The number of amides is 2. The number of nitrogens with one attached hydrogen (secondary N) is 2. The van der Waals surface area contributed by atoms with Crippen LogP contribution in [0, 0.1) is 0 Å². The number of hydrogen-bond donors (Lipinski definition) is 2. The quantitative estimate of drug-likeness (QED) is 0.866. The summed E-state index contributed by atoms with van der Waals surface area (Å²) in [6.07, 6.45) is 5.06. The number of likely N-dealkylation sites (tertiary alicyclic amines) is 1. The molecule has 3 heterocycles. The molecule has 3 rings (SSSR count). The van der Waals surface area contributed by atoms with E-state index >= 15 is 0 Å². The van der Waals surface area contributed by atoms with Gasteiger partial charge in [0.1, 0.15) is 5.60 Å². The van der Waals surface area contributed by atoms with Crippen LogP contribution >= 0.6 is 0 Å². The van der Waals surface area contributed by atoms with Crippen molar-refractivity contribution < 1.29 is 14.3 Å². The Bertz CT molecular complexity index is 541. The Morgan fingerprint density at radius 3 is 2.91 bits per heavy atom. The molecule has 0 unspecified atom stereocenters. The number of hydrogen-bond acceptors (Lipinski definition) is 5. The van der Waals surface area contributed by atoms with Gasteiger partial charge in [-0.1, -0.05) is 0 Å². The zero-order valence-electron chi connectivity index (χ0n) is 12.4. The van der Waals surface area contributed by atoms with E-state index in [2.05, 4.69) is 20.5 Å². The summed E-state index contributed by atoms with van der Waals surface area (Å²) in [7, 11) is 0. The van der Waals surface area contributed by atoms with Crippen molar-refractivity contribution in [2.75, 3.05) is 31.5 Å². The maximum Gasteiger partial charge on any atom is 0.407 e. The Hall–Kier alpha value is -2.15. The Balaban J connectivity index is 1.40. The molecule has 0 aromatic carbocycles. The number of nitrogens with zero attached hydrogens (tertiary/aromatic N) is 2. The van der Waals surface area contributed by atoms with E-state index in [1.165, 1.54) is 0 Å². The minimum Gasteiger partial charge on any atom is -0.441 e. The average Bonchev–Trinajstić information content (AvgIpc) is 2.89. The van der Waals surface area contributed by atoms with Gasteiger partial charge >= 0.3 is 6.09 Å². The summed E-state index contributed by atoms with van der Waals surface area (Å²) in [4.78, 5) is 29.3. The number of piperidine rings is 1. The van der Waals surface area contributed by atoms with Crippen LogP contribution in [-0.4, -0.2) is 53.7 Å². The summed E-state index contributed by atoms with van der Waals surface area (Å²) in [5, 5.41) is 5.55. The first-order chi connectivity index (χ1) is 10.7. The minimum absolute atomic E-state index is 0.0118. The third kappa shape index (κ3) is 3.54. The van der Waals surface area contributed by atoms with Crippen LogP contribution in [-0.2, 0) is 9.53 Å². The average molecular weight is 304 g/mol. The molecule has 1 spiro atoms. The van der Waals surface area contributed by atoms with Crippen molar-refractivity contribution in [1.82, 2.24) is 15.2 Å². The Morgan fingerprint density at radius 2 is 2.27 bits per heavy atom. The largest absolute Gasteiger partial charge is 0.441 e. The molecule has 0 atom stereocenters. The Morgan fingerprint density at radius 1 is 1.45 bits per heavy atom. The van der Waals surface area contributed by atoms with E-state index in [9.17, 15) is 9.59 Å². The molecule has 2 amide bonds. The second-order valence-corrected chi connectivity index (χ2v) is 5.81. The fraction of sp³-hybridized carbons (Fsp3) is 0.533. The summed E-state index contributed by atoms with van der Waals surface area (Å²) in [5.74, 6) is -0.0118. The number of ether oxygens (including phenoxy) is 1. The standard InChI is InChI=1S/C15H20N4O3/c20-13(18-12-2-1-6-16-10-12)3-7-19-8-4-15(5-9-19)11-17-14(21)22-15/h1-2,6,10H,3-5,7-9,11H2,(H,17,21)(H,18,20). The van der Waals surface area contributed by atoms with Gasteiger partial charge in [0.25, 0.3) is 0 Å². The van der Waals surface area contributed by atoms with Crippen LogP contribution in [0.2, 0.25) is 0 Å². The monoisotopic (exact) mass is 304 g/mol. The molecule has 0 bridgehead atoms. The minimum atomic E-state index is -0.328. The summed E-state index contributed by atoms with van der Waals surface area (Å²) in [6, 6.07) is 3.60. The first-order valence-electron chi connectivity index (χ1n) is 7.54. The molecule has 0 saturated carbocycles. The number of anilines is 1. The van der Waals surface area contributed by atoms with Crippen molar-refractivity contribution in [1.29, 1.82) is 0 Å². The lowest BCUT2D eigenvalue weighted by atomic mass is 9.91. The molecule has 2 fully saturated rings. The van der Waals surface area contributed by atoms with Crippen LogP contribution in [0.4, 0.5) is 10.5 Å². The molecule has 2 N–H and O–H groups in total. The van der Waals surface area contributed by atoms with Gasteiger partial charge in [-0.05, 0) is 12.1 Å². The lowest BCUT2D eigenvalue weighted by Gasteiger charge is -2.37. The highest BCUT2D eigenvalue weighted by molar-refractivity contribution is 5.90. The summed E-state index contributed by atoms with van der Waals surface area (Å²) < 4.78 is 5.38. The molecular formula is C15H20N4O3. The lowest BCUT2D eigenvalue weighted by Crippen LogP contribution is -2.47. The summed E-state index contributed by atoms with van der Waals surface area (Å²) >= 11 is 0. The van der Waals surface area contributed by atoms with Gasteiger partial charge in [0, 0.05) is 45.1 Å². The van der Waals surface area contributed by atoms with Crippen LogP contribution in [0.15, 0.2) is 24.5 Å². The summed E-state index contributed by atoms with van der Waals surface area (Å²) in [6.45, 7) is 3.00. The van der Waals surface area contributed by atoms with Gasteiger partial charge in [0.05, 0.1) is 18.4 Å². The molecule has 7 heteroatoms. The highest BCUT2D eigenvalue weighted by Gasteiger charge is 2.42. The van der Waals surface area contributed by atoms with Crippen LogP contribution in [0.5, 0.6) is 0 Å². The molecule has 7 nitrogen and oxygen atoms in total. The molecule has 2 aliphatic rings. The molecule has 1 aromatic rings. The number of pyridine rings is 1. The van der Waals surface area contributed by atoms with Gasteiger partial charge in [0.15, 0.2) is 0 Å². The van der Waals surface area contributed by atoms with E-state index in [1.807, 2.05) is 6.07 Å². The zero-order chi connectivity index (χ0) is 15.4. The highest BCUT2D eigenvalue weighted by Crippen LogP contribution is 2.29. The number of carbonyl (C=O) groups excluding carboxylic acids is 2. The van der Waals surface area contributed by atoms with E-state index in [0.29, 0.717) is 25.2 Å². The third-order valence-corrected chi connectivity index (χ3v) is 4.23. The smallest absolute Gasteiger partial charge is 0.407 e. The van der Waals surface area contributed by atoms with Gasteiger partial charge in [-0.2, -0.15) is 0 Å². The Kier molecular flexibility index (Phi) is 4.24. The van der Waals surface area contributed by atoms with Gasteiger partial charge in [0.2, 0.25) is 5.91 Å². The topological polar surface area (TPSA) is 83.6 Å². The SMILES string of the molecule is O=C(CCN1CCC2(CC1)CNC(=O)O2)Nc1cccnc1. The molecule has 2 aliphatic heterocycles. The second kappa shape index (κ2) is 6.31. The zero-order valence-corrected chi connectivity index (χ0v) is 12.4. The van der Waals surface area contributed by atoms with E-state index in [1.54, 1.807) is 18.5 Å². The molecule has 1 aromatic heterocycles. The number of rotatable bonds is 4. The van der Waals surface area contributed by atoms with Gasteiger partial charge < -0.3 is 20.3 Å². The Labute approximate surface area is 129 Å². The second-order valence-electron chi connectivity index (χ2n) is 5.81. The van der Waals surface area contributed by atoms with Crippen LogP contribution in [0.25, 0.3) is 0 Å². The van der Waals surface area contributed by atoms with Crippen molar-refractivity contribution in [3.63, 3.8) is 0 Å². The van der Waals surface area contributed by atoms with Crippen molar-refractivity contribution >= 4 is 17.7 Å². The van der Waals surface area contributed by atoms with Crippen molar-refractivity contribution in [3.05, 3.63) is 24.5 Å². The van der Waals surface area contributed by atoms with Crippen LogP contribution < -0.4 is 10.6 Å². The fourth-order valence-electron chi connectivity index (χ4n) is 2.88. The van der Waals surface area contributed by atoms with Crippen LogP contribution in [0.3, 0.4) is 0 Å². The van der Waals surface area contributed by atoms with Gasteiger partial charge in [-0.15, -0.1) is 0 Å². The molecule has 22 heavy (non-hydrogen) atoms. The van der Waals surface area contributed by atoms with Crippen molar-refractivity contribution in [2.24, 2.45) is 0 Å². The molecule has 2 saturated heterocycles.